The predicted molar refractivity (Wildman–Crippen MR) is 82.0 cm³/mol. The lowest BCUT2D eigenvalue weighted by Gasteiger charge is -1.98. The van der Waals surface area contributed by atoms with Crippen molar-refractivity contribution in [2.24, 2.45) is 0 Å². The van der Waals surface area contributed by atoms with E-state index in [1.807, 2.05) is 60.7 Å². The highest BCUT2D eigenvalue weighted by Crippen LogP contribution is 2.34. The maximum absolute atomic E-state index is 6.31. The Labute approximate surface area is 120 Å². The van der Waals surface area contributed by atoms with Gasteiger partial charge in [-0.25, -0.2) is 4.98 Å². The summed E-state index contributed by atoms with van der Waals surface area (Å²) >= 11 is 6.31. The molecule has 0 radical (unpaired) electrons. The van der Waals surface area contributed by atoms with E-state index in [-0.39, 0.29) is 0 Å². The summed E-state index contributed by atoms with van der Waals surface area (Å²) in [7, 11) is 0. The Morgan fingerprint density at radius 1 is 0.900 bits per heavy atom. The van der Waals surface area contributed by atoms with Gasteiger partial charge in [-0.05, 0) is 23.6 Å². The van der Waals surface area contributed by atoms with Gasteiger partial charge in [-0.1, -0.05) is 54.1 Å². The van der Waals surface area contributed by atoms with Crippen molar-refractivity contribution < 1.29 is 4.42 Å². The van der Waals surface area contributed by atoms with E-state index in [1.54, 1.807) is 0 Å². The molecule has 1 aromatic heterocycles. The number of aromatic nitrogens is 1. The molecule has 96 valence electrons. The summed E-state index contributed by atoms with van der Waals surface area (Å²) in [5.74, 6) is 0.596. The van der Waals surface area contributed by atoms with E-state index in [9.17, 15) is 0 Å². The molecule has 0 aliphatic carbocycles. The van der Waals surface area contributed by atoms with Crippen LogP contribution in [0.25, 0.3) is 33.3 Å². The van der Waals surface area contributed by atoms with Crippen molar-refractivity contribution in [3.63, 3.8) is 0 Å². The van der Waals surface area contributed by atoms with Gasteiger partial charge in [0.05, 0.1) is 5.02 Å². The number of oxazole rings is 1. The highest BCUT2D eigenvalue weighted by atomic mass is 35.5. The van der Waals surface area contributed by atoms with E-state index in [1.165, 1.54) is 0 Å². The third-order valence-corrected chi connectivity index (χ3v) is 3.65. The molecule has 2 nitrogen and oxygen atoms in total. The Hall–Kier alpha value is -2.32. The first-order chi connectivity index (χ1) is 9.83. The number of hydrogen-bond acceptors (Lipinski definition) is 2. The molecule has 0 N–H and O–H groups in total. The smallest absolute Gasteiger partial charge is 0.227 e. The fraction of sp³-hybridized carbons (Fsp3) is 0. The molecule has 1 heterocycles. The van der Waals surface area contributed by atoms with Crippen molar-refractivity contribution in [2.45, 2.75) is 0 Å². The Morgan fingerprint density at radius 2 is 1.65 bits per heavy atom. The van der Waals surface area contributed by atoms with Gasteiger partial charge < -0.3 is 4.42 Å². The van der Waals surface area contributed by atoms with Crippen LogP contribution < -0.4 is 0 Å². The molecule has 0 amide bonds. The molecule has 0 aliphatic heterocycles. The minimum absolute atomic E-state index is 0.596. The second kappa shape index (κ2) is 4.36. The molecule has 3 aromatic carbocycles. The minimum atomic E-state index is 0.596. The molecule has 20 heavy (non-hydrogen) atoms. The van der Waals surface area contributed by atoms with E-state index < -0.39 is 0 Å². The third kappa shape index (κ3) is 1.69. The Morgan fingerprint density at radius 3 is 2.50 bits per heavy atom. The van der Waals surface area contributed by atoms with Crippen molar-refractivity contribution in [3.05, 3.63) is 65.7 Å². The van der Waals surface area contributed by atoms with Crippen LogP contribution in [0.2, 0.25) is 5.02 Å². The normalized spacial score (nSPS) is 11.2. The van der Waals surface area contributed by atoms with Crippen LogP contribution in [0, 0.1) is 0 Å². The van der Waals surface area contributed by atoms with Gasteiger partial charge in [-0.2, -0.15) is 0 Å². The number of hydrogen-bond donors (Lipinski definition) is 0. The van der Waals surface area contributed by atoms with Crippen LogP contribution in [0.4, 0.5) is 0 Å². The Balaban J connectivity index is 2.08. The van der Waals surface area contributed by atoms with E-state index in [0.717, 1.165) is 21.9 Å². The Bertz CT molecular complexity index is 912. The van der Waals surface area contributed by atoms with Gasteiger partial charge in [0.2, 0.25) is 5.89 Å². The van der Waals surface area contributed by atoms with Gasteiger partial charge in [-0.15, -0.1) is 0 Å². The van der Waals surface area contributed by atoms with E-state index in [0.29, 0.717) is 16.4 Å². The molecular formula is C17H10ClNO. The standard InChI is InChI=1S/C17H10ClNO/c18-14-10-12-8-4-5-9-13(12)16-15(14)19-17(20-16)11-6-2-1-3-7-11/h1-10H. The average molecular weight is 280 g/mol. The lowest BCUT2D eigenvalue weighted by atomic mass is 10.1. The molecule has 0 fully saturated rings. The Kier molecular flexibility index (Phi) is 2.51. The maximum atomic E-state index is 6.31. The first kappa shape index (κ1) is 11.5. The van der Waals surface area contributed by atoms with E-state index in [4.69, 9.17) is 16.0 Å². The zero-order valence-electron chi connectivity index (χ0n) is 10.5. The second-order valence-electron chi connectivity index (χ2n) is 4.64. The van der Waals surface area contributed by atoms with Gasteiger partial charge >= 0.3 is 0 Å². The van der Waals surface area contributed by atoms with Gasteiger partial charge in [0, 0.05) is 10.9 Å². The summed E-state index contributed by atoms with van der Waals surface area (Å²) in [6.45, 7) is 0. The molecule has 3 heteroatoms. The SMILES string of the molecule is Clc1cc2ccccc2c2oc(-c3ccccc3)nc12. The number of nitrogens with zero attached hydrogens (tertiary/aromatic N) is 1. The van der Waals surface area contributed by atoms with Crippen molar-refractivity contribution >= 4 is 33.5 Å². The summed E-state index contributed by atoms with van der Waals surface area (Å²) in [5, 5.41) is 2.70. The molecule has 0 saturated carbocycles. The molecule has 4 rings (SSSR count). The fourth-order valence-corrected chi connectivity index (χ4v) is 2.65. The van der Waals surface area contributed by atoms with Crippen LogP contribution in [0.15, 0.2) is 65.1 Å². The molecular weight excluding hydrogens is 270 g/mol. The number of rotatable bonds is 1. The molecule has 0 saturated heterocycles. The molecule has 4 aromatic rings. The highest BCUT2D eigenvalue weighted by molar-refractivity contribution is 6.36. The van der Waals surface area contributed by atoms with E-state index >= 15 is 0 Å². The molecule has 0 bridgehead atoms. The summed E-state index contributed by atoms with van der Waals surface area (Å²) in [5.41, 5.74) is 2.40. The monoisotopic (exact) mass is 279 g/mol. The van der Waals surface area contributed by atoms with Crippen LogP contribution in [0.3, 0.4) is 0 Å². The van der Waals surface area contributed by atoms with E-state index in [2.05, 4.69) is 4.98 Å². The van der Waals surface area contributed by atoms with Crippen molar-refractivity contribution in [3.8, 4) is 11.5 Å². The third-order valence-electron chi connectivity index (χ3n) is 3.36. The van der Waals surface area contributed by atoms with Crippen LogP contribution in [-0.4, -0.2) is 4.98 Å². The first-order valence-electron chi connectivity index (χ1n) is 6.36. The zero-order chi connectivity index (χ0) is 13.5. The average Bonchev–Trinajstić information content (AvgIpc) is 2.94. The molecule has 0 atom stereocenters. The lowest BCUT2D eigenvalue weighted by Crippen LogP contribution is -1.77. The molecule has 0 spiro atoms. The van der Waals surface area contributed by atoms with Crippen LogP contribution in [0.5, 0.6) is 0 Å². The van der Waals surface area contributed by atoms with Crippen LogP contribution in [0.1, 0.15) is 0 Å². The largest absolute Gasteiger partial charge is 0.435 e. The van der Waals surface area contributed by atoms with Crippen molar-refractivity contribution in [1.29, 1.82) is 0 Å². The van der Waals surface area contributed by atoms with Crippen molar-refractivity contribution in [1.82, 2.24) is 4.98 Å². The number of benzene rings is 3. The zero-order valence-corrected chi connectivity index (χ0v) is 11.3. The first-order valence-corrected chi connectivity index (χ1v) is 6.74. The summed E-state index contributed by atoms with van der Waals surface area (Å²) < 4.78 is 5.95. The highest BCUT2D eigenvalue weighted by Gasteiger charge is 2.13. The fourth-order valence-electron chi connectivity index (χ4n) is 2.40. The number of fused-ring (bicyclic) bond motifs is 3. The molecule has 0 aliphatic rings. The van der Waals surface area contributed by atoms with Crippen molar-refractivity contribution in [2.75, 3.05) is 0 Å². The van der Waals surface area contributed by atoms with Crippen LogP contribution >= 0.6 is 11.6 Å². The molecule has 0 unspecified atom stereocenters. The van der Waals surface area contributed by atoms with Gasteiger partial charge in [0.25, 0.3) is 0 Å². The van der Waals surface area contributed by atoms with Gasteiger partial charge in [0.15, 0.2) is 5.58 Å². The summed E-state index contributed by atoms with van der Waals surface area (Å²) in [6, 6.07) is 19.8. The summed E-state index contributed by atoms with van der Waals surface area (Å²) in [4.78, 5) is 4.53. The number of halogens is 1. The quantitative estimate of drug-likeness (QED) is 0.472. The van der Waals surface area contributed by atoms with Gasteiger partial charge in [-0.3, -0.25) is 0 Å². The minimum Gasteiger partial charge on any atom is -0.435 e. The maximum Gasteiger partial charge on any atom is 0.227 e. The topological polar surface area (TPSA) is 26.0 Å². The second-order valence-corrected chi connectivity index (χ2v) is 5.05. The predicted octanol–water partition coefficient (Wildman–Crippen LogP) is 5.30. The summed E-state index contributed by atoms with van der Waals surface area (Å²) in [6.07, 6.45) is 0. The van der Waals surface area contributed by atoms with Crippen LogP contribution in [-0.2, 0) is 0 Å². The lowest BCUT2D eigenvalue weighted by molar-refractivity contribution is 0.623. The van der Waals surface area contributed by atoms with Gasteiger partial charge in [0.1, 0.15) is 5.52 Å².